The van der Waals surface area contributed by atoms with Crippen LogP contribution in [0.2, 0.25) is 0 Å². The molecular weight excluding hydrogens is 154 g/mol. The van der Waals surface area contributed by atoms with Gasteiger partial charge in [0.15, 0.2) is 0 Å². The van der Waals surface area contributed by atoms with Crippen LogP contribution in [0.5, 0.6) is 0 Å². The molecule has 0 bridgehead atoms. The van der Waals surface area contributed by atoms with Crippen LogP contribution in [0.1, 0.15) is 0 Å². The Bertz CT molecular complexity index is 473. The molecule has 0 aliphatic carbocycles. The number of rotatable bonds is 0. The zero-order valence-electron chi connectivity index (χ0n) is 6.20. The van der Waals surface area contributed by atoms with Gasteiger partial charge in [-0.05, 0) is 17.5 Å². The molecule has 0 fully saturated rings. The lowest BCUT2D eigenvalue weighted by Crippen LogP contribution is -1.98. The van der Waals surface area contributed by atoms with Crippen LogP contribution in [0.4, 0.5) is 5.69 Å². The van der Waals surface area contributed by atoms with Gasteiger partial charge in [-0.3, -0.25) is 0 Å². The maximum atomic E-state index is 11.1. The standard InChI is InChI=1S/C9H6NO2/c10-7-2-1-6-3-4-12-9(11)8(6)5-7/h1-4H,10H2. The van der Waals surface area contributed by atoms with Gasteiger partial charge in [0.2, 0.25) is 0 Å². The van der Waals surface area contributed by atoms with Gasteiger partial charge in [-0.2, -0.15) is 0 Å². The summed E-state index contributed by atoms with van der Waals surface area (Å²) >= 11 is 0. The van der Waals surface area contributed by atoms with E-state index in [0.29, 0.717) is 11.1 Å². The fourth-order valence-corrected chi connectivity index (χ4v) is 1.06. The number of nitrogens with two attached hydrogens (primary N) is 1. The van der Waals surface area contributed by atoms with Crippen molar-refractivity contribution < 1.29 is 4.42 Å². The average Bonchev–Trinajstić information content (AvgIpc) is 2.07. The molecule has 59 valence electrons. The molecule has 0 aliphatic rings. The highest BCUT2D eigenvalue weighted by Gasteiger charge is 1.98. The summed E-state index contributed by atoms with van der Waals surface area (Å²) in [4.78, 5) is 11.1. The highest BCUT2D eigenvalue weighted by molar-refractivity contribution is 5.82. The molecule has 0 saturated carbocycles. The van der Waals surface area contributed by atoms with Crippen LogP contribution in [0, 0.1) is 6.07 Å². The summed E-state index contributed by atoms with van der Waals surface area (Å²) in [6.07, 6.45) is 1.36. The Hall–Kier alpha value is -1.77. The molecule has 0 unspecified atom stereocenters. The number of hydrogen-bond acceptors (Lipinski definition) is 3. The third kappa shape index (κ3) is 0.955. The van der Waals surface area contributed by atoms with E-state index in [4.69, 9.17) is 5.73 Å². The second-order valence-electron chi connectivity index (χ2n) is 2.45. The summed E-state index contributed by atoms with van der Waals surface area (Å²) in [7, 11) is 0. The summed E-state index contributed by atoms with van der Waals surface area (Å²) in [5.41, 5.74) is 5.50. The molecular formula is C9H6NO2. The van der Waals surface area contributed by atoms with Crippen LogP contribution in [0.15, 0.2) is 33.7 Å². The molecule has 2 rings (SSSR count). The van der Waals surface area contributed by atoms with Crippen molar-refractivity contribution in [2.24, 2.45) is 0 Å². The lowest BCUT2D eigenvalue weighted by atomic mass is 10.2. The van der Waals surface area contributed by atoms with Crippen molar-refractivity contribution in [2.45, 2.75) is 0 Å². The predicted molar refractivity (Wildman–Crippen MR) is 45.7 cm³/mol. The highest BCUT2D eigenvalue weighted by Crippen LogP contribution is 2.11. The lowest BCUT2D eigenvalue weighted by molar-refractivity contribution is 0.519. The molecule has 3 nitrogen and oxygen atoms in total. The number of nitrogen functional groups attached to an aromatic ring is 1. The minimum atomic E-state index is -0.403. The third-order valence-electron chi connectivity index (χ3n) is 1.63. The zero-order valence-corrected chi connectivity index (χ0v) is 6.20. The second-order valence-corrected chi connectivity index (χ2v) is 2.45. The van der Waals surface area contributed by atoms with E-state index in [-0.39, 0.29) is 0 Å². The number of fused-ring (bicyclic) bond motifs is 1. The molecule has 0 aliphatic heterocycles. The molecule has 2 N–H and O–H groups in total. The summed E-state index contributed by atoms with van der Waals surface area (Å²) in [6, 6.07) is 7.89. The monoisotopic (exact) mass is 160 g/mol. The van der Waals surface area contributed by atoms with Gasteiger partial charge in [-0.15, -0.1) is 0 Å². The van der Waals surface area contributed by atoms with Gasteiger partial charge in [0, 0.05) is 11.8 Å². The van der Waals surface area contributed by atoms with Gasteiger partial charge < -0.3 is 10.2 Å². The van der Waals surface area contributed by atoms with E-state index >= 15 is 0 Å². The molecule has 0 atom stereocenters. The van der Waals surface area contributed by atoms with Crippen LogP contribution in [-0.2, 0) is 0 Å². The highest BCUT2D eigenvalue weighted by atomic mass is 16.4. The topological polar surface area (TPSA) is 56.2 Å². The molecule has 0 amide bonds. The molecule has 0 spiro atoms. The lowest BCUT2D eigenvalue weighted by Gasteiger charge is -1.94. The quantitative estimate of drug-likeness (QED) is 0.588. The van der Waals surface area contributed by atoms with Gasteiger partial charge in [-0.25, -0.2) is 4.79 Å². The van der Waals surface area contributed by atoms with E-state index in [2.05, 4.69) is 10.5 Å². The first kappa shape index (κ1) is 6.91. The summed E-state index contributed by atoms with van der Waals surface area (Å²) < 4.78 is 4.65. The average molecular weight is 160 g/mol. The summed E-state index contributed by atoms with van der Waals surface area (Å²) in [6.45, 7) is 0. The van der Waals surface area contributed by atoms with Crippen molar-refractivity contribution in [3.8, 4) is 0 Å². The first-order valence-corrected chi connectivity index (χ1v) is 3.47. The Kier molecular flexibility index (Phi) is 1.37. The van der Waals surface area contributed by atoms with Crippen LogP contribution < -0.4 is 11.4 Å². The molecule has 3 heteroatoms. The van der Waals surface area contributed by atoms with Gasteiger partial charge in [-0.1, -0.05) is 6.07 Å². The number of benzene rings is 1. The fraction of sp³-hybridized carbons (Fsp3) is 0. The second kappa shape index (κ2) is 2.37. The maximum Gasteiger partial charge on any atom is 0.344 e. The Balaban J connectivity index is 2.98. The Morgan fingerprint density at radius 2 is 2.17 bits per heavy atom. The third-order valence-corrected chi connectivity index (χ3v) is 1.63. The Morgan fingerprint density at radius 1 is 1.33 bits per heavy atom. The zero-order chi connectivity index (χ0) is 8.55. The molecule has 0 saturated heterocycles. The normalized spacial score (nSPS) is 10.3. The molecule has 1 heterocycles. The van der Waals surface area contributed by atoms with E-state index in [1.165, 1.54) is 6.26 Å². The van der Waals surface area contributed by atoms with Gasteiger partial charge in [0.1, 0.15) is 0 Å². The minimum absolute atomic E-state index is 0.400. The Morgan fingerprint density at radius 3 is 3.00 bits per heavy atom. The smallest absolute Gasteiger partial charge is 0.344 e. The predicted octanol–water partition coefficient (Wildman–Crippen LogP) is 1.18. The fourth-order valence-electron chi connectivity index (χ4n) is 1.06. The maximum absolute atomic E-state index is 11.1. The molecule has 1 aromatic carbocycles. The van der Waals surface area contributed by atoms with E-state index in [1.54, 1.807) is 18.2 Å². The largest absolute Gasteiger partial charge is 0.431 e. The van der Waals surface area contributed by atoms with Crippen molar-refractivity contribution in [3.63, 3.8) is 0 Å². The molecule has 1 radical (unpaired) electrons. The SMILES string of the molecule is Nc1[c]c2c(=O)occc2cc1. The summed E-state index contributed by atoms with van der Waals surface area (Å²) in [5, 5.41) is 1.19. The van der Waals surface area contributed by atoms with Crippen molar-refractivity contribution in [1.29, 1.82) is 0 Å². The van der Waals surface area contributed by atoms with Crippen LogP contribution in [-0.4, -0.2) is 0 Å². The summed E-state index contributed by atoms with van der Waals surface area (Å²) in [5.74, 6) is 0. The number of hydrogen-bond donors (Lipinski definition) is 1. The van der Waals surface area contributed by atoms with Crippen molar-refractivity contribution in [1.82, 2.24) is 0 Å². The van der Waals surface area contributed by atoms with E-state index in [1.807, 2.05) is 0 Å². The van der Waals surface area contributed by atoms with Gasteiger partial charge >= 0.3 is 5.63 Å². The number of anilines is 1. The first-order valence-electron chi connectivity index (χ1n) is 3.47. The Labute approximate surface area is 68.4 Å². The molecule has 2 aromatic rings. The molecule has 12 heavy (non-hydrogen) atoms. The van der Waals surface area contributed by atoms with Crippen molar-refractivity contribution in [3.05, 3.63) is 40.9 Å². The van der Waals surface area contributed by atoms with Crippen LogP contribution >= 0.6 is 0 Å². The molecule has 1 aromatic heterocycles. The van der Waals surface area contributed by atoms with Gasteiger partial charge in [0.05, 0.1) is 11.6 Å². The van der Waals surface area contributed by atoms with E-state index in [0.717, 1.165) is 5.39 Å². The van der Waals surface area contributed by atoms with Crippen LogP contribution in [0.3, 0.4) is 0 Å². The van der Waals surface area contributed by atoms with Crippen molar-refractivity contribution >= 4 is 16.5 Å². The first-order chi connectivity index (χ1) is 5.77. The minimum Gasteiger partial charge on any atom is -0.431 e. The van der Waals surface area contributed by atoms with Gasteiger partial charge in [0.25, 0.3) is 0 Å². The van der Waals surface area contributed by atoms with Crippen molar-refractivity contribution in [2.75, 3.05) is 5.73 Å². The van der Waals surface area contributed by atoms with E-state index < -0.39 is 5.63 Å². The van der Waals surface area contributed by atoms with E-state index in [9.17, 15) is 4.79 Å². The van der Waals surface area contributed by atoms with Crippen LogP contribution in [0.25, 0.3) is 10.8 Å².